The van der Waals surface area contributed by atoms with E-state index < -0.39 is 0 Å². The van der Waals surface area contributed by atoms with E-state index in [1.165, 1.54) is 0 Å². The van der Waals surface area contributed by atoms with E-state index in [2.05, 4.69) is 20.6 Å². The van der Waals surface area contributed by atoms with E-state index in [4.69, 9.17) is 0 Å². The minimum atomic E-state index is 0.0831. The van der Waals surface area contributed by atoms with Crippen LogP contribution in [-0.4, -0.2) is 52.4 Å². The number of hydrogen-bond donors (Lipinski definition) is 2. The molecule has 0 aliphatic heterocycles. The molecule has 0 saturated heterocycles. The van der Waals surface area contributed by atoms with Gasteiger partial charge >= 0.3 is 0 Å². The molecule has 20 heavy (non-hydrogen) atoms. The maximum absolute atomic E-state index is 11.5. The van der Waals surface area contributed by atoms with Crippen LogP contribution in [0.1, 0.15) is 13.3 Å². The second-order valence-electron chi connectivity index (χ2n) is 4.63. The molecule has 0 radical (unpaired) electrons. The summed E-state index contributed by atoms with van der Waals surface area (Å²) in [6.45, 7) is 3.34. The van der Waals surface area contributed by atoms with Gasteiger partial charge in [0.2, 0.25) is 5.91 Å². The van der Waals surface area contributed by atoms with Crippen molar-refractivity contribution in [2.24, 2.45) is 0 Å². The molecule has 0 spiro atoms. The highest BCUT2D eigenvalue weighted by Crippen LogP contribution is 2.16. The second kappa shape index (κ2) is 6.23. The Bertz CT molecular complexity index is 592. The minimum absolute atomic E-state index is 0.0831. The Kier molecular flexibility index (Phi) is 4.39. The van der Waals surface area contributed by atoms with Crippen LogP contribution in [0.4, 0.5) is 11.6 Å². The normalized spacial score (nSPS) is 10.6. The zero-order valence-electron chi connectivity index (χ0n) is 12.1. The van der Waals surface area contributed by atoms with Crippen molar-refractivity contribution in [1.29, 1.82) is 0 Å². The highest BCUT2D eigenvalue weighted by atomic mass is 16.2. The Labute approximate surface area is 118 Å². The van der Waals surface area contributed by atoms with Crippen LogP contribution >= 0.6 is 0 Å². The van der Waals surface area contributed by atoms with Gasteiger partial charge in [-0.3, -0.25) is 4.79 Å². The molecule has 108 valence electrons. The molecular formula is C13H20N6O. The number of fused-ring (bicyclic) bond motifs is 1. The van der Waals surface area contributed by atoms with E-state index in [0.717, 1.165) is 18.0 Å². The molecule has 2 aromatic rings. The first-order valence-electron chi connectivity index (χ1n) is 6.63. The third kappa shape index (κ3) is 3.17. The molecule has 2 heterocycles. The smallest absolute Gasteiger partial charge is 0.223 e. The van der Waals surface area contributed by atoms with E-state index in [1.807, 2.05) is 23.7 Å². The molecule has 0 aromatic carbocycles. The summed E-state index contributed by atoms with van der Waals surface area (Å²) in [4.78, 5) is 21.9. The van der Waals surface area contributed by atoms with Crippen molar-refractivity contribution in [3.8, 4) is 0 Å². The molecule has 2 rings (SSSR count). The molecule has 0 fully saturated rings. The van der Waals surface area contributed by atoms with Gasteiger partial charge in [-0.15, -0.1) is 0 Å². The molecule has 0 bridgehead atoms. The Morgan fingerprint density at radius 1 is 1.40 bits per heavy atom. The maximum atomic E-state index is 11.5. The van der Waals surface area contributed by atoms with Crippen LogP contribution in [-0.2, 0) is 4.79 Å². The number of rotatable bonds is 6. The molecule has 0 atom stereocenters. The average Bonchev–Trinajstić information content (AvgIpc) is 2.87. The third-order valence-corrected chi connectivity index (χ3v) is 2.86. The number of nitrogens with one attached hydrogen (secondary N) is 2. The van der Waals surface area contributed by atoms with Crippen LogP contribution in [0.2, 0.25) is 0 Å². The van der Waals surface area contributed by atoms with E-state index in [0.29, 0.717) is 18.8 Å². The zero-order chi connectivity index (χ0) is 14.5. The fourth-order valence-electron chi connectivity index (χ4n) is 1.83. The summed E-state index contributed by atoms with van der Waals surface area (Å²) in [5.41, 5.74) is 0.754. The van der Waals surface area contributed by atoms with E-state index in [1.54, 1.807) is 25.2 Å². The molecule has 7 nitrogen and oxygen atoms in total. The van der Waals surface area contributed by atoms with Gasteiger partial charge in [-0.1, -0.05) is 0 Å². The Balaban J connectivity index is 2.11. The van der Waals surface area contributed by atoms with Crippen molar-refractivity contribution in [3.63, 3.8) is 0 Å². The van der Waals surface area contributed by atoms with Gasteiger partial charge in [0.1, 0.15) is 5.82 Å². The van der Waals surface area contributed by atoms with Gasteiger partial charge in [0.25, 0.3) is 0 Å². The highest BCUT2D eigenvalue weighted by Gasteiger charge is 2.08. The third-order valence-electron chi connectivity index (χ3n) is 2.86. The molecular weight excluding hydrogens is 256 g/mol. The van der Waals surface area contributed by atoms with E-state index in [9.17, 15) is 4.79 Å². The van der Waals surface area contributed by atoms with Gasteiger partial charge in [-0.25, -0.2) is 9.97 Å². The predicted octanol–water partition coefficient (Wildman–Crippen LogP) is 1.05. The van der Waals surface area contributed by atoms with Crippen molar-refractivity contribution < 1.29 is 4.79 Å². The lowest BCUT2D eigenvalue weighted by Gasteiger charge is -2.12. The maximum Gasteiger partial charge on any atom is 0.223 e. The number of imidazole rings is 1. The number of aromatic nitrogens is 3. The Hall–Kier alpha value is -2.31. The number of anilines is 2. The van der Waals surface area contributed by atoms with E-state index in [-0.39, 0.29) is 5.91 Å². The van der Waals surface area contributed by atoms with Gasteiger partial charge in [0.15, 0.2) is 11.5 Å². The van der Waals surface area contributed by atoms with Gasteiger partial charge in [0.05, 0.1) is 6.20 Å². The number of hydrogen-bond acceptors (Lipinski definition) is 5. The molecule has 2 N–H and O–H groups in total. The van der Waals surface area contributed by atoms with Gasteiger partial charge in [0, 0.05) is 46.0 Å². The van der Waals surface area contributed by atoms with Gasteiger partial charge in [-0.2, -0.15) is 0 Å². The average molecular weight is 276 g/mol. The lowest BCUT2D eigenvalue weighted by Crippen LogP contribution is -2.24. The van der Waals surface area contributed by atoms with Crippen LogP contribution in [0.15, 0.2) is 18.6 Å². The summed E-state index contributed by atoms with van der Waals surface area (Å²) in [7, 11) is 3.50. The quantitative estimate of drug-likeness (QED) is 0.825. The number of nitrogens with zero attached hydrogens (tertiary/aromatic N) is 4. The molecule has 0 saturated carbocycles. The summed E-state index contributed by atoms with van der Waals surface area (Å²) in [6, 6.07) is 0. The number of carbonyl (C=O) groups is 1. The van der Waals surface area contributed by atoms with Crippen LogP contribution < -0.4 is 10.6 Å². The van der Waals surface area contributed by atoms with Crippen LogP contribution in [0.25, 0.3) is 5.65 Å². The largest absolute Gasteiger partial charge is 0.369 e. The summed E-state index contributed by atoms with van der Waals surface area (Å²) >= 11 is 0. The first-order valence-corrected chi connectivity index (χ1v) is 6.63. The standard InChI is InChI=1S/C13H20N6O/c1-4-14-10-9-19-8-7-16-13(19)12(17-10)15-6-5-11(20)18(2)3/h7-9,14H,4-6H2,1-3H3,(H,15,17). The number of amides is 1. The first kappa shape index (κ1) is 14.1. The van der Waals surface area contributed by atoms with Crippen molar-refractivity contribution in [2.45, 2.75) is 13.3 Å². The van der Waals surface area contributed by atoms with E-state index >= 15 is 0 Å². The highest BCUT2D eigenvalue weighted by molar-refractivity contribution is 5.76. The predicted molar refractivity (Wildman–Crippen MR) is 79.0 cm³/mol. The summed E-state index contributed by atoms with van der Waals surface area (Å²) < 4.78 is 1.90. The lowest BCUT2D eigenvalue weighted by molar-refractivity contribution is -0.128. The molecule has 0 aliphatic rings. The van der Waals surface area contributed by atoms with Gasteiger partial charge < -0.3 is 19.9 Å². The molecule has 7 heteroatoms. The fourth-order valence-corrected chi connectivity index (χ4v) is 1.83. The topological polar surface area (TPSA) is 74.6 Å². The van der Waals surface area contributed by atoms with Crippen LogP contribution in [0.3, 0.4) is 0 Å². The molecule has 2 aromatic heterocycles. The van der Waals surface area contributed by atoms with Crippen LogP contribution in [0, 0.1) is 0 Å². The Morgan fingerprint density at radius 3 is 2.90 bits per heavy atom. The Morgan fingerprint density at radius 2 is 2.20 bits per heavy atom. The van der Waals surface area contributed by atoms with Crippen molar-refractivity contribution in [3.05, 3.63) is 18.6 Å². The molecule has 0 unspecified atom stereocenters. The van der Waals surface area contributed by atoms with Crippen molar-refractivity contribution in [2.75, 3.05) is 37.8 Å². The monoisotopic (exact) mass is 276 g/mol. The molecule has 1 amide bonds. The molecule has 0 aliphatic carbocycles. The SMILES string of the molecule is CCNc1cn2ccnc2c(NCCC(=O)N(C)C)n1. The van der Waals surface area contributed by atoms with Gasteiger partial charge in [-0.05, 0) is 6.92 Å². The second-order valence-corrected chi connectivity index (χ2v) is 4.63. The summed E-state index contributed by atoms with van der Waals surface area (Å²) in [5.74, 6) is 1.54. The van der Waals surface area contributed by atoms with Crippen molar-refractivity contribution >= 4 is 23.2 Å². The first-order chi connectivity index (χ1) is 9.61. The lowest BCUT2D eigenvalue weighted by atomic mass is 10.4. The van der Waals surface area contributed by atoms with Crippen LogP contribution in [0.5, 0.6) is 0 Å². The zero-order valence-corrected chi connectivity index (χ0v) is 12.1. The summed E-state index contributed by atoms with van der Waals surface area (Å²) in [5, 5.41) is 6.35. The number of carbonyl (C=O) groups excluding carboxylic acids is 1. The van der Waals surface area contributed by atoms with Crippen molar-refractivity contribution in [1.82, 2.24) is 19.3 Å². The minimum Gasteiger partial charge on any atom is -0.369 e. The summed E-state index contributed by atoms with van der Waals surface area (Å²) in [6.07, 6.45) is 5.91. The fraction of sp³-hybridized carbons (Fsp3) is 0.462.